The van der Waals surface area contributed by atoms with Gasteiger partial charge in [0.2, 0.25) is 5.95 Å². The van der Waals surface area contributed by atoms with E-state index in [1.54, 1.807) is 37.4 Å². The molecule has 1 unspecified atom stereocenters. The maximum atomic E-state index is 12.4. The van der Waals surface area contributed by atoms with E-state index in [9.17, 15) is 9.00 Å². The fourth-order valence-corrected chi connectivity index (χ4v) is 4.09. The summed E-state index contributed by atoms with van der Waals surface area (Å²) < 4.78 is 21.7. The minimum atomic E-state index is -2.77. The molecule has 148 valence electrons. The smallest absolute Gasteiger partial charge is 0.271 e. The number of nitrogens with zero attached hydrogens (tertiary/aromatic N) is 3. The van der Waals surface area contributed by atoms with Crippen molar-refractivity contribution < 1.29 is 4.21 Å². The summed E-state index contributed by atoms with van der Waals surface area (Å²) in [6, 6.07) is 6.64. The minimum absolute atomic E-state index is 0.114. The molecule has 0 aliphatic rings. The van der Waals surface area contributed by atoms with Crippen LogP contribution in [0.25, 0.3) is 11.0 Å². The maximum absolute atomic E-state index is 12.4. The van der Waals surface area contributed by atoms with Crippen LogP contribution >= 0.6 is 11.6 Å². The molecule has 0 radical (unpaired) electrons. The number of nitrogens with one attached hydrogen (secondary N) is 2. The number of halogens is 1. The number of benzene rings is 1. The van der Waals surface area contributed by atoms with Crippen molar-refractivity contribution in [3.05, 3.63) is 51.4 Å². The Labute approximate surface area is 168 Å². The Morgan fingerprint density at radius 3 is 2.64 bits per heavy atom. The van der Waals surface area contributed by atoms with Gasteiger partial charge in [0.25, 0.3) is 5.56 Å². The van der Waals surface area contributed by atoms with Gasteiger partial charge in [0.05, 0.1) is 9.73 Å². The van der Waals surface area contributed by atoms with Crippen molar-refractivity contribution in [2.75, 3.05) is 11.1 Å². The number of pyridine rings is 1. The molecule has 0 aliphatic heterocycles. The Morgan fingerprint density at radius 1 is 1.32 bits per heavy atom. The Bertz CT molecular complexity index is 1220. The third-order valence-electron chi connectivity index (χ3n) is 4.48. The Hall–Kier alpha value is -2.45. The van der Waals surface area contributed by atoms with Crippen molar-refractivity contribution in [1.82, 2.24) is 14.5 Å². The first-order chi connectivity index (χ1) is 13.1. The van der Waals surface area contributed by atoms with E-state index in [4.69, 9.17) is 16.4 Å². The van der Waals surface area contributed by atoms with Crippen molar-refractivity contribution >= 4 is 44.0 Å². The molecule has 28 heavy (non-hydrogen) atoms. The van der Waals surface area contributed by atoms with Gasteiger partial charge < -0.3 is 5.32 Å². The van der Waals surface area contributed by atoms with Crippen molar-refractivity contribution in [3.63, 3.8) is 0 Å². The predicted molar refractivity (Wildman–Crippen MR) is 113 cm³/mol. The molecular weight excluding hydrogens is 398 g/mol. The molecule has 0 spiro atoms. The summed E-state index contributed by atoms with van der Waals surface area (Å²) in [7, 11) is -2.77. The Balaban J connectivity index is 2.05. The first-order valence-corrected chi connectivity index (χ1v) is 11.0. The van der Waals surface area contributed by atoms with Gasteiger partial charge in [-0.2, -0.15) is 4.98 Å². The third kappa shape index (κ3) is 3.74. The molecule has 9 heteroatoms. The van der Waals surface area contributed by atoms with Gasteiger partial charge >= 0.3 is 0 Å². The van der Waals surface area contributed by atoms with Gasteiger partial charge in [-0.05, 0) is 50.6 Å². The highest BCUT2D eigenvalue weighted by Gasteiger charge is 2.14. The molecule has 2 heterocycles. The van der Waals surface area contributed by atoms with Crippen LogP contribution in [0, 0.1) is 11.7 Å². The number of hydrogen-bond acceptors (Lipinski definition) is 6. The highest BCUT2D eigenvalue weighted by Crippen LogP contribution is 2.24. The molecule has 1 atom stereocenters. The molecular formula is C19H22ClN5O2S. The molecule has 2 N–H and O–H groups in total. The molecule has 0 saturated carbocycles. The van der Waals surface area contributed by atoms with Crippen LogP contribution in [0.1, 0.15) is 32.4 Å². The van der Waals surface area contributed by atoms with E-state index in [0.29, 0.717) is 21.9 Å². The predicted octanol–water partition coefficient (Wildman–Crippen LogP) is 4.50. The third-order valence-corrected chi connectivity index (χ3v) is 6.58. The Morgan fingerprint density at radius 2 is 2.04 bits per heavy atom. The van der Waals surface area contributed by atoms with Crippen LogP contribution in [0.3, 0.4) is 0 Å². The summed E-state index contributed by atoms with van der Waals surface area (Å²) in [5.41, 5.74) is 1.77. The van der Waals surface area contributed by atoms with Crippen molar-refractivity contribution in [3.8, 4) is 0 Å². The van der Waals surface area contributed by atoms with Crippen LogP contribution in [0.4, 0.5) is 11.6 Å². The lowest BCUT2D eigenvalue weighted by atomic mass is 10.2. The quantitative estimate of drug-likeness (QED) is 0.633. The summed E-state index contributed by atoms with van der Waals surface area (Å²) in [6.07, 6.45) is 1.62. The zero-order valence-electron chi connectivity index (χ0n) is 16.1. The molecule has 0 saturated heterocycles. The summed E-state index contributed by atoms with van der Waals surface area (Å²) in [6.45, 7) is 7.38. The summed E-state index contributed by atoms with van der Waals surface area (Å²) >= 11 is 6.05. The average molecular weight is 420 g/mol. The van der Waals surface area contributed by atoms with Crippen molar-refractivity contribution in [2.24, 2.45) is 0 Å². The number of anilines is 2. The van der Waals surface area contributed by atoms with E-state index >= 15 is 0 Å². The van der Waals surface area contributed by atoms with Gasteiger partial charge in [0.15, 0.2) is 0 Å². The molecule has 7 nitrogen and oxygen atoms in total. The van der Waals surface area contributed by atoms with E-state index in [0.717, 1.165) is 11.3 Å². The number of fused-ring (bicyclic) bond motifs is 1. The molecule has 3 rings (SSSR count). The van der Waals surface area contributed by atoms with E-state index in [1.807, 2.05) is 20.8 Å². The fourth-order valence-electron chi connectivity index (χ4n) is 2.89. The van der Waals surface area contributed by atoms with Gasteiger partial charge in [-0.3, -0.25) is 9.36 Å². The van der Waals surface area contributed by atoms with Crippen LogP contribution < -0.4 is 10.9 Å². The second kappa shape index (κ2) is 7.52. The normalized spacial score (nSPS) is 13.6. The van der Waals surface area contributed by atoms with E-state index < -0.39 is 9.73 Å². The number of aromatic nitrogens is 3. The lowest BCUT2D eigenvalue weighted by Gasteiger charge is -2.15. The van der Waals surface area contributed by atoms with Crippen LogP contribution in [0.2, 0.25) is 5.02 Å². The molecule has 0 aliphatic carbocycles. The van der Waals surface area contributed by atoms with Gasteiger partial charge in [-0.25, -0.2) is 14.0 Å². The van der Waals surface area contributed by atoms with Gasteiger partial charge in [0, 0.05) is 34.0 Å². The SMILES string of the molecule is CCS(=N)(=O)c1ccc(Nc2ncc3cc(Cl)c(=O)n(C(C)C)c3n2)c(C)c1. The molecule has 2 aromatic heterocycles. The van der Waals surface area contributed by atoms with E-state index in [-0.39, 0.29) is 22.4 Å². The van der Waals surface area contributed by atoms with Crippen LogP contribution in [0.15, 0.2) is 40.2 Å². The highest BCUT2D eigenvalue weighted by atomic mass is 35.5. The number of rotatable bonds is 5. The van der Waals surface area contributed by atoms with Gasteiger partial charge in [0.1, 0.15) is 10.7 Å². The largest absolute Gasteiger partial charge is 0.324 e. The zero-order valence-corrected chi connectivity index (χ0v) is 17.7. The zero-order chi connectivity index (χ0) is 20.6. The topological polar surface area (TPSA) is 101 Å². The summed E-state index contributed by atoms with van der Waals surface area (Å²) in [5, 5.41) is 3.94. The van der Waals surface area contributed by atoms with Gasteiger partial charge in [-0.15, -0.1) is 0 Å². The molecule has 0 fully saturated rings. The highest BCUT2D eigenvalue weighted by molar-refractivity contribution is 7.92. The molecule has 0 amide bonds. The van der Waals surface area contributed by atoms with Crippen molar-refractivity contribution in [1.29, 1.82) is 4.78 Å². The molecule has 0 bridgehead atoms. The minimum Gasteiger partial charge on any atom is -0.324 e. The lowest BCUT2D eigenvalue weighted by Crippen LogP contribution is -2.23. The number of aryl methyl sites for hydroxylation is 1. The monoisotopic (exact) mass is 419 g/mol. The molecule has 1 aromatic carbocycles. The molecule has 3 aromatic rings. The van der Waals surface area contributed by atoms with Crippen LogP contribution in [-0.2, 0) is 9.73 Å². The summed E-state index contributed by atoms with van der Waals surface area (Å²) in [4.78, 5) is 21.7. The van der Waals surface area contributed by atoms with E-state index in [2.05, 4.69) is 15.3 Å². The first kappa shape index (κ1) is 20.3. The maximum Gasteiger partial charge on any atom is 0.271 e. The van der Waals surface area contributed by atoms with Crippen molar-refractivity contribution in [2.45, 2.75) is 38.6 Å². The average Bonchev–Trinajstić information content (AvgIpc) is 2.64. The van der Waals surface area contributed by atoms with Gasteiger partial charge in [-0.1, -0.05) is 18.5 Å². The second-order valence-electron chi connectivity index (χ2n) is 6.80. The second-order valence-corrected chi connectivity index (χ2v) is 9.61. The lowest BCUT2D eigenvalue weighted by molar-refractivity contribution is 0.595. The first-order valence-electron chi connectivity index (χ1n) is 8.86. The standard InChI is InChI=1S/C19H22ClN5O2S/c1-5-28(21,27)14-6-7-16(12(4)8-14)23-19-22-10-13-9-15(20)18(26)25(11(2)3)17(13)24-19/h6-11,21H,5H2,1-4H3,(H,22,23,24). The fraction of sp³-hybridized carbons (Fsp3) is 0.316. The van der Waals surface area contributed by atoms with E-state index in [1.165, 1.54) is 4.57 Å². The number of hydrogen-bond donors (Lipinski definition) is 2. The van der Waals surface area contributed by atoms with Crippen LogP contribution in [-0.4, -0.2) is 24.5 Å². The Kier molecular flexibility index (Phi) is 5.45. The summed E-state index contributed by atoms with van der Waals surface area (Å²) in [5.74, 6) is 0.601. The van der Waals surface area contributed by atoms with Crippen LogP contribution in [0.5, 0.6) is 0 Å².